The summed E-state index contributed by atoms with van der Waals surface area (Å²) in [6, 6.07) is 11.6. The molecule has 2 aromatic rings. The number of piperidine rings is 1. The summed E-state index contributed by atoms with van der Waals surface area (Å²) in [5, 5.41) is 4.74. The minimum atomic E-state index is -0.237. The molecule has 1 aromatic carbocycles. The number of anilines is 1. The van der Waals surface area contributed by atoms with Gasteiger partial charge >= 0.3 is 0 Å². The van der Waals surface area contributed by atoms with Crippen LogP contribution in [0.15, 0.2) is 41.8 Å². The second-order valence-corrected chi connectivity index (χ2v) is 6.80. The minimum absolute atomic E-state index is 0.00647. The van der Waals surface area contributed by atoms with Gasteiger partial charge in [0.15, 0.2) is 0 Å². The number of nitrogens with one attached hydrogen (secondary N) is 1. The monoisotopic (exact) mass is 328 g/mol. The lowest BCUT2D eigenvalue weighted by atomic mass is 9.86. The van der Waals surface area contributed by atoms with Gasteiger partial charge in [-0.3, -0.25) is 9.59 Å². The van der Waals surface area contributed by atoms with Crippen molar-refractivity contribution in [1.82, 2.24) is 5.32 Å². The summed E-state index contributed by atoms with van der Waals surface area (Å²) in [6.45, 7) is 2.02. The van der Waals surface area contributed by atoms with Gasteiger partial charge in [-0.25, -0.2) is 0 Å². The fraction of sp³-hybridized carbons (Fsp3) is 0.333. The van der Waals surface area contributed by atoms with Crippen molar-refractivity contribution >= 4 is 28.8 Å². The van der Waals surface area contributed by atoms with Gasteiger partial charge in [-0.05, 0) is 36.9 Å². The first-order valence-electron chi connectivity index (χ1n) is 7.75. The number of hydrogen-bond donors (Lipinski definition) is 1. The Morgan fingerprint density at radius 2 is 2.00 bits per heavy atom. The van der Waals surface area contributed by atoms with Crippen molar-refractivity contribution in [3.63, 3.8) is 0 Å². The summed E-state index contributed by atoms with van der Waals surface area (Å²) >= 11 is 1.59. The summed E-state index contributed by atoms with van der Waals surface area (Å²) in [5.41, 5.74) is 2.00. The number of nitrogens with zero attached hydrogens (tertiary/aromatic N) is 1. The highest BCUT2D eigenvalue weighted by atomic mass is 32.1. The van der Waals surface area contributed by atoms with Gasteiger partial charge in [0.1, 0.15) is 0 Å². The zero-order valence-corrected chi connectivity index (χ0v) is 14.1. The lowest BCUT2D eigenvalue weighted by Gasteiger charge is -2.40. The second-order valence-electron chi connectivity index (χ2n) is 5.82. The zero-order valence-electron chi connectivity index (χ0n) is 13.3. The molecule has 3 rings (SSSR count). The molecule has 1 N–H and O–H groups in total. The van der Waals surface area contributed by atoms with Crippen LogP contribution in [0.2, 0.25) is 0 Å². The van der Waals surface area contributed by atoms with Crippen LogP contribution in [0.1, 0.15) is 29.3 Å². The molecule has 1 aliphatic heterocycles. The number of hydrogen-bond acceptors (Lipinski definition) is 3. The van der Waals surface area contributed by atoms with Crippen molar-refractivity contribution in [3.05, 3.63) is 52.2 Å². The molecule has 0 unspecified atom stereocenters. The number of amides is 2. The number of carbonyl (C=O) groups excluding carboxylic acids is 2. The van der Waals surface area contributed by atoms with Crippen LogP contribution in [0.25, 0.3) is 0 Å². The average molecular weight is 328 g/mol. The van der Waals surface area contributed by atoms with E-state index in [-0.39, 0.29) is 23.8 Å². The molecule has 23 heavy (non-hydrogen) atoms. The maximum atomic E-state index is 12.6. The molecular formula is C18H20N2O2S. The smallest absolute Gasteiger partial charge is 0.227 e. The van der Waals surface area contributed by atoms with Gasteiger partial charge in [-0.1, -0.05) is 23.8 Å². The lowest BCUT2D eigenvalue weighted by molar-refractivity contribution is -0.128. The predicted molar refractivity (Wildman–Crippen MR) is 92.5 cm³/mol. The van der Waals surface area contributed by atoms with Gasteiger partial charge in [0.2, 0.25) is 11.8 Å². The summed E-state index contributed by atoms with van der Waals surface area (Å²) in [4.78, 5) is 27.9. The van der Waals surface area contributed by atoms with Crippen LogP contribution in [0.5, 0.6) is 0 Å². The van der Waals surface area contributed by atoms with Crippen LogP contribution in [0, 0.1) is 12.8 Å². The van der Waals surface area contributed by atoms with Gasteiger partial charge in [0, 0.05) is 24.0 Å². The highest BCUT2D eigenvalue weighted by Gasteiger charge is 2.41. The molecular weight excluding hydrogens is 308 g/mol. The summed E-state index contributed by atoms with van der Waals surface area (Å²) in [6.07, 6.45) is 0.983. The van der Waals surface area contributed by atoms with Gasteiger partial charge in [-0.2, -0.15) is 0 Å². The molecule has 0 spiro atoms. The van der Waals surface area contributed by atoms with Crippen molar-refractivity contribution in [3.8, 4) is 0 Å². The van der Waals surface area contributed by atoms with E-state index in [1.165, 1.54) is 0 Å². The van der Waals surface area contributed by atoms with E-state index in [1.807, 2.05) is 48.7 Å². The number of benzene rings is 1. The molecule has 1 aliphatic rings. The highest BCUT2D eigenvalue weighted by molar-refractivity contribution is 7.10. The van der Waals surface area contributed by atoms with Crippen LogP contribution in [0.4, 0.5) is 5.69 Å². The molecule has 1 fully saturated rings. The molecule has 0 bridgehead atoms. The van der Waals surface area contributed by atoms with Gasteiger partial charge in [-0.15, -0.1) is 11.3 Å². The Morgan fingerprint density at radius 1 is 1.26 bits per heavy atom. The molecule has 0 radical (unpaired) electrons. The molecule has 1 saturated heterocycles. The Labute approximate surface area is 140 Å². The SMILES string of the molecule is CNC(=O)[C@@H]1CCC(=O)N(c2ccc(C)cc2)[C@H]1c1cccs1. The third-order valence-corrected chi connectivity index (χ3v) is 5.27. The van der Waals surface area contributed by atoms with Crippen molar-refractivity contribution in [1.29, 1.82) is 0 Å². The van der Waals surface area contributed by atoms with Crippen molar-refractivity contribution in [2.45, 2.75) is 25.8 Å². The van der Waals surface area contributed by atoms with Gasteiger partial charge in [0.05, 0.1) is 12.0 Å². The fourth-order valence-corrected chi connectivity index (χ4v) is 4.03. The molecule has 0 aliphatic carbocycles. The van der Waals surface area contributed by atoms with Crippen LogP contribution in [0.3, 0.4) is 0 Å². The lowest BCUT2D eigenvalue weighted by Crippen LogP contribution is -2.47. The van der Waals surface area contributed by atoms with Crippen LogP contribution < -0.4 is 10.2 Å². The minimum Gasteiger partial charge on any atom is -0.359 e. The van der Waals surface area contributed by atoms with E-state index in [1.54, 1.807) is 23.3 Å². The Kier molecular flexibility index (Phi) is 4.48. The first-order chi connectivity index (χ1) is 11.1. The molecule has 120 valence electrons. The number of carbonyl (C=O) groups is 2. The van der Waals surface area contributed by atoms with Crippen LogP contribution >= 0.6 is 11.3 Å². The molecule has 4 nitrogen and oxygen atoms in total. The average Bonchev–Trinajstić information content (AvgIpc) is 3.09. The molecule has 2 amide bonds. The van der Waals surface area contributed by atoms with Gasteiger partial charge < -0.3 is 10.2 Å². The third kappa shape index (κ3) is 3.01. The normalized spacial score (nSPS) is 21.3. The summed E-state index contributed by atoms with van der Waals surface area (Å²) in [5.74, 6) is -0.155. The Bertz CT molecular complexity index is 694. The fourth-order valence-electron chi connectivity index (χ4n) is 3.15. The van der Waals surface area contributed by atoms with Crippen LogP contribution in [-0.2, 0) is 9.59 Å². The molecule has 2 heterocycles. The van der Waals surface area contributed by atoms with Gasteiger partial charge in [0.25, 0.3) is 0 Å². The number of aryl methyl sites for hydroxylation is 1. The Hall–Kier alpha value is -2.14. The molecule has 2 atom stereocenters. The Morgan fingerprint density at radius 3 is 2.61 bits per heavy atom. The highest BCUT2D eigenvalue weighted by Crippen LogP contribution is 2.41. The summed E-state index contributed by atoms with van der Waals surface area (Å²) in [7, 11) is 1.65. The molecule has 5 heteroatoms. The number of rotatable bonds is 3. The van der Waals surface area contributed by atoms with Crippen molar-refractivity contribution < 1.29 is 9.59 Å². The van der Waals surface area contributed by atoms with E-state index in [2.05, 4.69) is 5.32 Å². The third-order valence-electron chi connectivity index (χ3n) is 4.33. The van der Waals surface area contributed by atoms with E-state index in [9.17, 15) is 9.59 Å². The van der Waals surface area contributed by atoms with E-state index < -0.39 is 0 Å². The topological polar surface area (TPSA) is 49.4 Å². The zero-order chi connectivity index (χ0) is 16.4. The van der Waals surface area contributed by atoms with Crippen LogP contribution in [-0.4, -0.2) is 18.9 Å². The maximum Gasteiger partial charge on any atom is 0.227 e. The predicted octanol–water partition coefficient (Wildman–Crippen LogP) is 3.29. The molecule has 1 aromatic heterocycles. The van der Waals surface area contributed by atoms with E-state index in [4.69, 9.17) is 0 Å². The van der Waals surface area contributed by atoms with E-state index >= 15 is 0 Å². The van der Waals surface area contributed by atoms with E-state index in [0.29, 0.717) is 12.8 Å². The summed E-state index contributed by atoms with van der Waals surface area (Å²) < 4.78 is 0. The second kappa shape index (κ2) is 6.54. The van der Waals surface area contributed by atoms with E-state index in [0.717, 1.165) is 16.1 Å². The van der Waals surface area contributed by atoms with Crippen molar-refractivity contribution in [2.24, 2.45) is 5.92 Å². The van der Waals surface area contributed by atoms with Crippen molar-refractivity contribution in [2.75, 3.05) is 11.9 Å². The molecule has 0 saturated carbocycles. The maximum absolute atomic E-state index is 12.6. The number of thiophene rings is 1. The Balaban J connectivity index is 2.06. The largest absolute Gasteiger partial charge is 0.359 e. The standard InChI is InChI=1S/C18H20N2O2S/c1-12-5-7-13(8-6-12)20-16(21)10-9-14(18(22)19-2)17(20)15-4-3-11-23-15/h3-8,11,14,17H,9-10H2,1-2H3,(H,19,22)/t14-,17-/m1/s1. The quantitative estimate of drug-likeness (QED) is 0.940. The first kappa shape index (κ1) is 15.7. The first-order valence-corrected chi connectivity index (χ1v) is 8.63.